The molecule has 0 heterocycles. The molecule has 0 radical (unpaired) electrons. The maximum atomic E-state index is 13.9. The molecule has 0 fully saturated rings. The Morgan fingerprint density at radius 1 is 1.05 bits per heavy atom. The van der Waals surface area contributed by atoms with Crippen LogP contribution >= 0.6 is 15.9 Å². The van der Waals surface area contributed by atoms with E-state index in [1.165, 1.54) is 6.07 Å². The van der Waals surface area contributed by atoms with Crippen LogP contribution in [0.2, 0.25) is 16.6 Å². The Morgan fingerprint density at radius 3 is 1.86 bits per heavy atom. The van der Waals surface area contributed by atoms with Gasteiger partial charge in [0.25, 0.3) is 8.32 Å². The van der Waals surface area contributed by atoms with Gasteiger partial charge in [0.1, 0.15) is 11.6 Å². The molecule has 7 heteroatoms. The summed E-state index contributed by atoms with van der Waals surface area (Å²) in [4.78, 5) is 0. The molecule has 0 aliphatic carbocycles. The van der Waals surface area contributed by atoms with Crippen LogP contribution in [0.25, 0.3) is 0 Å². The first-order valence-electron chi connectivity index (χ1n) is 7.58. The number of rotatable bonds is 6. The van der Waals surface area contributed by atoms with Gasteiger partial charge >= 0.3 is 7.12 Å². The summed E-state index contributed by atoms with van der Waals surface area (Å²) in [6.07, 6.45) is 0. The van der Waals surface area contributed by atoms with Crippen molar-refractivity contribution in [3.8, 4) is 5.75 Å². The fourth-order valence-electron chi connectivity index (χ4n) is 3.39. The second-order valence-electron chi connectivity index (χ2n) is 6.60. The van der Waals surface area contributed by atoms with E-state index >= 15 is 0 Å². The number of benzene rings is 1. The van der Waals surface area contributed by atoms with Crippen molar-refractivity contribution in [2.75, 3.05) is 0 Å². The molecule has 0 saturated heterocycles. The zero-order valence-corrected chi connectivity index (χ0v) is 16.6. The standard InChI is InChI=1S/C15H25BBrFO3Si/c1-9(2)22(10(3)4,11(5)6)21-12-7-13(16(19)20)15(18)14(17)8-12/h7-11,19-20H,1-6H3. The fraction of sp³-hybridized carbons (Fsp3) is 0.600. The lowest BCUT2D eigenvalue weighted by Crippen LogP contribution is -2.51. The summed E-state index contributed by atoms with van der Waals surface area (Å²) < 4.78 is 20.5. The Hall–Kier alpha value is -0.368. The largest absolute Gasteiger partial charge is 0.543 e. The van der Waals surface area contributed by atoms with Gasteiger partial charge in [0.05, 0.1) is 4.47 Å². The van der Waals surface area contributed by atoms with E-state index < -0.39 is 21.3 Å². The highest BCUT2D eigenvalue weighted by molar-refractivity contribution is 9.10. The molecule has 0 aliphatic heterocycles. The maximum Gasteiger partial charge on any atom is 0.491 e. The van der Waals surface area contributed by atoms with Crippen molar-refractivity contribution < 1.29 is 18.9 Å². The predicted octanol–water partition coefficient (Wildman–Crippen LogP) is 3.82. The molecule has 1 aromatic rings. The summed E-state index contributed by atoms with van der Waals surface area (Å²) in [5.74, 6) is -0.188. The minimum atomic E-state index is -2.17. The fourth-order valence-corrected chi connectivity index (χ4v) is 9.08. The summed E-state index contributed by atoms with van der Waals surface area (Å²) in [6.45, 7) is 13.0. The van der Waals surface area contributed by atoms with Crippen LogP contribution in [-0.4, -0.2) is 25.5 Å². The Labute approximate surface area is 142 Å². The maximum absolute atomic E-state index is 13.9. The molecule has 0 saturated carbocycles. The van der Waals surface area contributed by atoms with E-state index in [1.807, 2.05) is 0 Å². The zero-order chi connectivity index (χ0) is 17.2. The van der Waals surface area contributed by atoms with E-state index in [1.54, 1.807) is 6.07 Å². The second kappa shape index (κ2) is 7.47. The highest BCUT2D eigenvalue weighted by Crippen LogP contribution is 2.43. The summed E-state index contributed by atoms with van der Waals surface area (Å²) in [5, 5.41) is 18.7. The first-order valence-corrected chi connectivity index (χ1v) is 10.5. The molecule has 0 atom stereocenters. The molecule has 0 spiro atoms. The smallest absolute Gasteiger partial charge is 0.491 e. The second-order valence-corrected chi connectivity index (χ2v) is 12.8. The SMILES string of the molecule is CC(C)[Si](Oc1cc(Br)c(F)c(B(O)O)c1)(C(C)C)C(C)C. The molecule has 2 N–H and O–H groups in total. The third-order valence-corrected chi connectivity index (χ3v) is 10.9. The van der Waals surface area contributed by atoms with Crippen LogP contribution in [0, 0.1) is 5.82 Å². The van der Waals surface area contributed by atoms with Crippen LogP contribution in [0.5, 0.6) is 5.75 Å². The average molecular weight is 391 g/mol. The van der Waals surface area contributed by atoms with Crippen molar-refractivity contribution in [1.82, 2.24) is 0 Å². The van der Waals surface area contributed by atoms with Crippen LogP contribution in [-0.2, 0) is 0 Å². The average Bonchev–Trinajstić information content (AvgIpc) is 2.37. The van der Waals surface area contributed by atoms with Gasteiger partial charge in [0, 0.05) is 5.46 Å². The quantitative estimate of drug-likeness (QED) is 0.725. The van der Waals surface area contributed by atoms with Crippen LogP contribution in [0.3, 0.4) is 0 Å². The molecule has 1 rings (SSSR count). The van der Waals surface area contributed by atoms with Gasteiger partial charge in [0.15, 0.2) is 0 Å². The molecular formula is C15H25BBrFO3Si. The van der Waals surface area contributed by atoms with Gasteiger partial charge < -0.3 is 14.5 Å². The Bertz CT molecular complexity index is 502. The summed E-state index contributed by atoms with van der Waals surface area (Å²) in [5.41, 5.74) is 0.944. The van der Waals surface area contributed by atoms with Gasteiger partial charge in [-0.05, 0) is 44.7 Å². The summed E-state index contributed by atoms with van der Waals surface area (Å²) in [6, 6.07) is 2.95. The van der Waals surface area contributed by atoms with Gasteiger partial charge in [-0.1, -0.05) is 41.5 Å². The lowest BCUT2D eigenvalue weighted by Gasteiger charge is -2.42. The molecular weight excluding hydrogens is 366 g/mol. The minimum Gasteiger partial charge on any atom is -0.543 e. The van der Waals surface area contributed by atoms with Crippen molar-refractivity contribution in [1.29, 1.82) is 0 Å². The van der Waals surface area contributed by atoms with Crippen molar-refractivity contribution in [2.45, 2.75) is 58.2 Å². The van der Waals surface area contributed by atoms with E-state index in [9.17, 15) is 14.4 Å². The topological polar surface area (TPSA) is 49.7 Å². The van der Waals surface area contributed by atoms with E-state index in [2.05, 4.69) is 57.5 Å². The van der Waals surface area contributed by atoms with E-state index in [0.29, 0.717) is 22.4 Å². The van der Waals surface area contributed by atoms with Gasteiger partial charge in [-0.15, -0.1) is 0 Å². The predicted molar refractivity (Wildman–Crippen MR) is 95.6 cm³/mol. The van der Waals surface area contributed by atoms with Gasteiger partial charge in [-0.25, -0.2) is 4.39 Å². The van der Waals surface area contributed by atoms with E-state index in [0.717, 1.165) is 0 Å². The van der Waals surface area contributed by atoms with Gasteiger partial charge in [-0.2, -0.15) is 0 Å². The molecule has 1 aromatic carbocycles. The van der Waals surface area contributed by atoms with Crippen molar-refractivity contribution in [2.24, 2.45) is 0 Å². The Kier molecular flexibility index (Phi) is 6.68. The highest BCUT2D eigenvalue weighted by Gasteiger charge is 2.47. The van der Waals surface area contributed by atoms with Gasteiger partial charge in [-0.3, -0.25) is 0 Å². The monoisotopic (exact) mass is 390 g/mol. The first-order chi connectivity index (χ1) is 10.0. The lowest BCUT2D eigenvalue weighted by atomic mass is 9.80. The summed E-state index contributed by atoms with van der Waals surface area (Å²) >= 11 is 3.12. The van der Waals surface area contributed by atoms with Crippen molar-refractivity contribution in [3.05, 3.63) is 22.4 Å². The summed E-state index contributed by atoms with van der Waals surface area (Å²) in [7, 11) is -4.04. The Balaban J connectivity index is 3.36. The Morgan fingerprint density at radius 2 is 1.50 bits per heavy atom. The zero-order valence-electron chi connectivity index (χ0n) is 14.0. The minimum absolute atomic E-state index is 0.173. The third kappa shape index (κ3) is 3.75. The molecule has 0 amide bonds. The molecule has 0 bridgehead atoms. The molecule has 22 heavy (non-hydrogen) atoms. The molecule has 3 nitrogen and oxygen atoms in total. The van der Waals surface area contributed by atoms with E-state index in [4.69, 9.17) is 4.43 Å². The van der Waals surface area contributed by atoms with Crippen LogP contribution in [0.1, 0.15) is 41.5 Å². The van der Waals surface area contributed by atoms with Crippen molar-refractivity contribution in [3.63, 3.8) is 0 Å². The first kappa shape index (κ1) is 19.7. The van der Waals surface area contributed by atoms with Crippen LogP contribution in [0.15, 0.2) is 16.6 Å². The third-order valence-electron chi connectivity index (χ3n) is 4.31. The molecule has 0 unspecified atom stereocenters. The molecule has 0 aromatic heterocycles. The van der Waals surface area contributed by atoms with Crippen LogP contribution < -0.4 is 9.89 Å². The molecule has 0 aliphatic rings. The number of hydrogen-bond donors (Lipinski definition) is 2. The van der Waals surface area contributed by atoms with Crippen molar-refractivity contribution >= 4 is 36.8 Å². The highest BCUT2D eigenvalue weighted by atomic mass is 79.9. The van der Waals surface area contributed by atoms with Crippen LogP contribution in [0.4, 0.5) is 4.39 Å². The normalized spacial score (nSPS) is 12.4. The van der Waals surface area contributed by atoms with Gasteiger partial charge in [0.2, 0.25) is 0 Å². The molecule has 124 valence electrons. The number of halogens is 2. The lowest BCUT2D eigenvalue weighted by molar-refractivity contribution is 0.422. The number of hydrogen-bond acceptors (Lipinski definition) is 3. The van der Waals surface area contributed by atoms with E-state index in [-0.39, 0.29) is 9.94 Å².